The van der Waals surface area contributed by atoms with Gasteiger partial charge in [-0.2, -0.15) is 0 Å². The molecule has 0 aliphatic carbocycles. The smallest absolute Gasteiger partial charge is 0.431 e. The normalized spacial score (nSPS) is 9.68. The molecule has 0 heterocycles. The Kier molecular flexibility index (Phi) is 8.71. The molecule has 0 radical (unpaired) electrons. The Bertz CT molecular complexity index is 326. The zero-order chi connectivity index (χ0) is 14.8. The fourth-order valence-electron chi connectivity index (χ4n) is 0.955. The minimum atomic E-state index is -0.954. The van der Waals surface area contributed by atoms with Crippen LogP contribution in [-0.2, 0) is 9.53 Å². The summed E-state index contributed by atoms with van der Waals surface area (Å²) >= 11 is 0.994. The van der Waals surface area contributed by atoms with E-state index in [1.165, 1.54) is 22.2 Å². The molecule has 0 aromatic carbocycles. The highest BCUT2D eigenvalue weighted by atomic mass is 32.2. The number of rotatable bonds is 6. The van der Waals surface area contributed by atoms with Crippen molar-refractivity contribution in [1.82, 2.24) is 15.3 Å². The van der Waals surface area contributed by atoms with Gasteiger partial charge in [-0.25, -0.2) is 10.3 Å². The lowest BCUT2D eigenvalue weighted by molar-refractivity contribution is -0.127. The molecular formula is C10H19N3O5S. The molecule has 0 aliphatic rings. The Morgan fingerprint density at radius 1 is 1.21 bits per heavy atom. The lowest BCUT2D eigenvalue weighted by Crippen LogP contribution is -2.35. The standard InChI is InChI=1S/C10H19N3O5S/c1-8(14)12(2)4-5-13(3)10(16)19-7-6-18-9(15)11-17/h17H,4-7H2,1-3H3,(H,11,15). The molecule has 3 amide bonds. The summed E-state index contributed by atoms with van der Waals surface area (Å²) in [5.74, 6) is 0.232. The number of hydroxylamine groups is 1. The average molecular weight is 293 g/mol. The number of carbonyl (C=O) groups is 3. The topological polar surface area (TPSA) is 99.2 Å². The van der Waals surface area contributed by atoms with Crippen molar-refractivity contribution in [2.45, 2.75) is 6.92 Å². The Labute approximate surface area is 116 Å². The molecule has 0 saturated heterocycles. The molecule has 0 aromatic rings. The second-order valence-electron chi connectivity index (χ2n) is 3.72. The van der Waals surface area contributed by atoms with Gasteiger partial charge in [0.25, 0.3) is 5.24 Å². The lowest BCUT2D eigenvalue weighted by atomic mass is 10.5. The first-order valence-corrected chi connectivity index (χ1v) is 6.53. The van der Waals surface area contributed by atoms with Gasteiger partial charge in [0.15, 0.2) is 0 Å². The van der Waals surface area contributed by atoms with Crippen LogP contribution in [0.25, 0.3) is 0 Å². The van der Waals surface area contributed by atoms with E-state index in [0.29, 0.717) is 18.8 Å². The van der Waals surface area contributed by atoms with Crippen LogP contribution in [0.3, 0.4) is 0 Å². The first kappa shape index (κ1) is 17.5. The molecule has 0 bridgehead atoms. The molecule has 2 N–H and O–H groups in total. The van der Waals surface area contributed by atoms with Gasteiger partial charge in [-0.1, -0.05) is 11.8 Å². The van der Waals surface area contributed by atoms with Crippen molar-refractivity contribution >= 4 is 29.0 Å². The molecule has 0 atom stereocenters. The Hall–Kier alpha value is -1.48. The van der Waals surface area contributed by atoms with E-state index in [-0.39, 0.29) is 17.8 Å². The Balaban J connectivity index is 3.76. The van der Waals surface area contributed by atoms with Crippen LogP contribution in [-0.4, -0.2) is 71.8 Å². The predicted octanol–water partition coefficient (Wildman–Crippen LogP) is 0.365. The molecule has 0 fully saturated rings. The van der Waals surface area contributed by atoms with Crippen molar-refractivity contribution in [3.8, 4) is 0 Å². The number of carbonyl (C=O) groups excluding carboxylic acids is 3. The molecule has 19 heavy (non-hydrogen) atoms. The second-order valence-corrected chi connectivity index (χ2v) is 4.77. The summed E-state index contributed by atoms with van der Waals surface area (Å²) in [6.45, 7) is 2.37. The third-order valence-electron chi connectivity index (χ3n) is 2.25. The molecule has 0 aliphatic heterocycles. The number of ether oxygens (including phenoxy) is 1. The van der Waals surface area contributed by atoms with Crippen LogP contribution in [0.2, 0.25) is 0 Å². The fraction of sp³-hybridized carbons (Fsp3) is 0.700. The summed E-state index contributed by atoms with van der Waals surface area (Å²) in [5, 5.41) is 7.98. The molecule has 0 saturated carbocycles. The number of likely N-dealkylation sites (N-methyl/N-ethyl adjacent to an activating group) is 2. The largest absolute Gasteiger partial charge is 0.447 e. The van der Waals surface area contributed by atoms with Crippen LogP contribution in [0.1, 0.15) is 6.92 Å². The van der Waals surface area contributed by atoms with E-state index in [1.807, 2.05) is 0 Å². The van der Waals surface area contributed by atoms with Crippen molar-refractivity contribution in [2.24, 2.45) is 0 Å². The first-order valence-electron chi connectivity index (χ1n) is 5.55. The monoisotopic (exact) mass is 293 g/mol. The summed E-state index contributed by atoms with van der Waals surface area (Å²) in [7, 11) is 3.29. The highest BCUT2D eigenvalue weighted by Crippen LogP contribution is 2.07. The van der Waals surface area contributed by atoms with Gasteiger partial charge in [-0.05, 0) is 0 Å². The van der Waals surface area contributed by atoms with Gasteiger partial charge in [0.1, 0.15) is 6.61 Å². The number of nitrogens with one attached hydrogen (secondary N) is 1. The molecule has 0 rings (SSSR count). The van der Waals surface area contributed by atoms with E-state index in [4.69, 9.17) is 5.21 Å². The summed E-state index contributed by atoms with van der Waals surface area (Å²) in [5.41, 5.74) is 1.32. The van der Waals surface area contributed by atoms with E-state index in [2.05, 4.69) is 4.74 Å². The first-order chi connectivity index (χ1) is 8.88. The number of hydrogen-bond acceptors (Lipinski definition) is 6. The highest BCUT2D eigenvalue weighted by molar-refractivity contribution is 8.13. The minimum Gasteiger partial charge on any atom is -0.447 e. The van der Waals surface area contributed by atoms with Crippen LogP contribution < -0.4 is 5.48 Å². The van der Waals surface area contributed by atoms with Crippen LogP contribution >= 0.6 is 11.8 Å². The lowest BCUT2D eigenvalue weighted by Gasteiger charge is -2.21. The molecule has 110 valence electrons. The van der Waals surface area contributed by atoms with E-state index < -0.39 is 6.09 Å². The van der Waals surface area contributed by atoms with Gasteiger partial charge in [0.2, 0.25) is 5.91 Å². The van der Waals surface area contributed by atoms with Crippen molar-refractivity contribution in [3.63, 3.8) is 0 Å². The van der Waals surface area contributed by atoms with Gasteiger partial charge in [0, 0.05) is 39.9 Å². The van der Waals surface area contributed by atoms with E-state index >= 15 is 0 Å². The second kappa shape index (κ2) is 9.45. The number of thioether (sulfide) groups is 1. The SMILES string of the molecule is CC(=O)N(C)CCN(C)C(=O)SCCOC(=O)NO. The van der Waals surface area contributed by atoms with Crippen LogP contribution in [0, 0.1) is 0 Å². The number of hydrogen-bond donors (Lipinski definition) is 2. The van der Waals surface area contributed by atoms with Crippen molar-refractivity contribution in [1.29, 1.82) is 0 Å². The highest BCUT2D eigenvalue weighted by Gasteiger charge is 2.11. The van der Waals surface area contributed by atoms with Gasteiger partial charge >= 0.3 is 6.09 Å². The third kappa shape index (κ3) is 8.27. The van der Waals surface area contributed by atoms with Crippen molar-refractivity contribution in [3.05, 3.63) is 0 Å². The van der Waals surface area contributed by atoms with Crippen molar-refractivity contribution < 1.29 is 24.3 Å². The third-order valence-corrected chi connectivity index (χ3v) is 3.18. The molecule has 9 heteroatoms. The van der Waals surface area contributed by atoms with Gasteiger partial charge in [0.05, 0.1) is 0 Å². The quantitative estimate of drug-likeness (QED) is 0.417. The zero-order valence-electron chi connectivity index (χ0n) is 11.2. The number of amides is 3. The Morgan fingerprint density at radius 2 is 1.79 bits per heavy atom. The van der Waals surface area contributed by atoms with Crippen LogP contribution in [0.4, 0.5) is 9.59 Å². The maximum atomic E-state index is 11.6. The molecular weight excluding hydrogens is 274 g/mol. The van der Waals surface area contributed by atoms with E-state index in [0.717, 1.165) is 11.8 Å². The van der Waals surface area contributed by atoms with Gasteiger partial charge < -0.3 is 14.5 Å². The van der Waals surface area contributed by atoms with Gasteiger partial charge in [-0.3, -0.25) is 14.8 Å². The van der Waals surface area contributed by atoms with Gasteiger partial charge in [-0.15, -0.1) is 0 Å². The summed E-state index contributed by atoms with van der Waals surface area (Å²) in [6.07, 6.45) is -0.954. The predicted molar refractivity (Wildman–Crippen MR) is 70.1 cm³/mol. The summed E-state index contributed by atoms with van der Waals surface area (Å²) < 4.78 is 4.51. The minimum absolute atomic E-state index is 0.0178. The molecule has 8 nitrogen and oxygen atoms in total. The average Bonchev–Trinajstić information content (AvgIpc) is 2.39. The van der Waals surface area contributed by atoms with E-state index in [1.54, 1.807) is 14.1 Å². The fourth-order valence-corrected chi connectivity index (χ4v) is 1.61. The zero-order valence-corrected chi connectivity index (χ0v) is 12.0. The van der Waals surface area contributed by atoms with Crippen LogP contribution in [0.15, 0.2) is 0 Å². The van der Waals surface area contributed by atoms with Crippen molar-refractivity contribution in [2.75, 3.05) is 39.5 Å². The summed E-state index contributed by atoms with van der Waals surface area (Å²) in [4.78, 5) is 36.1. The molecule has 0 unspecified atom stereocenters. The maximum Gasteiger partial charge on any atom is 0.431 e. The molecule has 0 aromatic heterocycles. The maximum absolute atomic E-state index is 11.6. The van der Waals surface area contributed by atoms with Crippen LogP contribution in [0.5, 0.6) is 0 Å². The molecule has 0 spiro atoms. The summed E-state index contributed by atoms with van der Waals surface area (Å²) in [6, 6.07) is 0. The Morgan fingerprint density at radius 3 is 2.32 bits per heavy atom. The number of nitrogens with zero attached hydrogens (tertiary/aromatic N) is 2. The van der Waals surface area contributed by atoms with E-state index in [9.17, 15) is 14.4 Å².